The van der Waals surface area contributed by atoms with Gasteiger partial charge in [-0.05, 0) is 26.7 Å². The Bertz CT molecular complexity index is 171. The van der Waals surface area contributed by atoms with Crippen LogP contribution in [0.2, 0.25) is 0 Å². The summed E-state index contributed by atoms with van der Waals surface area (Å²) in [7, 11) is 1.36. The Hall–Kier alpha value is -0.830. The first-order valence-corrected chi connectivity index (χ1v) is 4.01. The lowest BCUT2D eigenvalue weighted by atomic mass is 10.1. The SMILES string of the molecule is COC(=O)C(C)=CCCC(C)O. The summed E-state index contributed by atoms with van der Waals surface area (Å²) in [5, 5.41) is 8.92. The van der Waals surface area contributed by atoms with Gasteiger partial charge in [0.15, 0.2) is 0 Å². The minimum absolute atomic E-state index is 0.305. The fourth-order valence-electron chi connectivity index (χ4n) is 0.785. The van der Waals surface area contributed by atoms with Gasteiger partial charge < -0.3 is 9.84 Å². The Labute approximate surface area is 73.0 Å². The Kier molecular flexibility index (Phi) is 5.37. The molecule has 0 aromatic carbocycles. The summed E-state index contributed by atoms with van der Waals surface area (Å²) < 4.78 is 4.50. The Morgan fingerprint density at radius 1 is 1.67 bits per heavy atom. The van der Waals surface area contributed by atoms with Crippen LogP contribution in [-0.2, 0) is 9.53 Å². The first-order chi connectivity index (χ1) is 5.57. The monoisotopic (exact) mass is 172 g/mol. The Morgan fingerprint density at radius 3 is 2.67 bits per heavy atom. The molecule has 0 aliphatic heterocycles. The normalized spacial score (nSPS) is 14.2. The number of esters is 1. The van der Waals surface area contributed by atoms with Gasteiger partial charge >= 0.3 is 5.97 Å². The lowest BCUT2D eigenvalue weighted by Gasteiger charge is -2.01. The van der Waals surface area contributed by atoms with Gasteiger partial charge in [-0.1, -0.05) is 6.08 Å². The van der Waals surface area contributed by atoms with E-state index in [1.165, 1.54) is 7.11 Å². The van der Waals surface area contributed by atoms with Crippen molar-refractivity contribution in [1.29, 1.82) is 0 Å². The molecule has 0 aliphatic carbocycles. The van der Waals surface area contributed by atoms with Crippen LogP contribution in [-0.4, -0.2) is 24.3 Å². The maximum Gasteiger partial charge on any atom is 0.333 e. The molecule has 0 aliphatic rings. The second-order valence-corrected chi connectivity index (χ2v) is 2.81. The van der Waals surface area contributed by atoms with Crippen molar-refractivity contribution >= 4 is 5.97 Å². The zero-order chi connectivity index (χ0) is 9.56. The van der Waals surface area contributed by atoms with Crippen LogP contribution in [0, 0.1) is 0 Å². The largest absolute Gasteiger partial charge is 0.466 e. The van der Waals surface area contributed by atoms with Crippen LogP contribution >= 0.6 is 0 Å². The second-order valence-electron chi connectivity index (χ2n) is 2.81. The average molecular weight is 172 g/mol. The van der Waals surface area contributed by atoms with Crippen molar-refractivity contribution in [2.24, 2.45) is 0 Å². The number of aliphatic hydroxyl groups excluding tert-OH is 1. The molecule has 0 bridgehead atoms. The highest BCUT2D eigenvalue weighted by molar-refractivity contribution is 5.87. The molecule has 12 heavy (non-hydrogen) atoms. The molecule has 3 heteroatoms. The summed E-state index contributed by atoms with van der Waals surface area (Å²) >= 11 is 0. The number of methoxy groups -OCH3 is 1. The lowest BCUT2D eigenvalue weighted by Crippen LogP contribution is -2.02. The average Bonchev–Trinajstić information content (AvgIpc) is 2.02. The molecule has 3 nitrogen and oxygen atoms in total. The van der Waals surface area contributed by atoms with Crippen LogP contribution in [0.5, 0.6) is 0 Å². The van der Waals surface area contributed by atoms with Gasteiger partial charge in [-0.3, -0.25) is 0 Å². The molecule has 0 amide bonds. The van der Waals surface area contributed by atoms with Gasteiger partial charge in [0.25, 0.3) is 0 Å². The molecular formula is C9H16O3. The van der Waals surface area contributed by atoms with Crippen LogP contribution in [0.15, 0.2) is 11.6 Å². The van der Waals surface area contributed by atoms with Crippen molar-refractivity contribution in [2.45, 2.75) is 32.8 Å². The van der Waals surface area contributed by atoms with E-state index in [4.69, 9.17) is 5.11 Å². The van der Waals surface area contributed by atoms with Crippen LogP contribution in [0.4, 0.5) is 0 Å². The highest BCUT2D eigenvalue weighted by atomic mass is 16.5. The number of carbonyl (C=O) groups excluding carboxylic acids is 1. The van der Waals surface area contributed by atoms with E-state index >= 15 is 0 Å². The smallest absolute Gasteiger partial charge is 0.333 e. The standard InChI is InChI=1S/C9H16O3/c1-7(9(11)12-3)5-4-6-8(2)10/h5,8,10H,4,6H2,1-3H3. The summed E-state index contributed by atoms with van der Waals surface area (Å²) in [5.74, 6) is -0.305. The zero-order valence-electron chi connectivity index (χ0n) is 7.83. The van der Waals surface area contributed by atoms with Crippen LogP contribution < -0.4 is 0 Å². The van der Waals surface area contributed by atoms with Gasteiger partial charge in [0.05, 0.1) is 13.2 Å². The predicted molar refractivity (Wildman–Crippen MR) is 46.7 cm³/mol. The molecule has 0 heterocycles. The summed E-state index contributed by atoms with van der Waals surface area (Å²) in [6, 6.07) is 0. The topological polar surface area (TPSA) is 46.5 Å². The van der Waals surface area contributed by atoms with Crippen molar-refractivity contribution < 1.29 is 14.6 Å². The number of carbonyl (C=O) groups is 1. The summed E-state index contributed by atoms with van der Waals surface area (Å²) in [4.78, 5) is 10.8. The van der Waals surface area contributed by atoms with Crippen LogP contribution in [0.3, 0.4) is 0 Å². The van der Waals surface area contributed by atoms with Crippen molar-refractivity contribution in [1.82, 2.24) is 0 Å². The first kappa shape index (κ1) is 11.2. The molecule has 0 radical (unpaired) electrons. The van der Waals surface area contributed by atoms with Gasteiger partial charge in [-0.15, -0.1) is 0 Å². The van der Waals surface area contributed by atoms with E-state index in [0.717, 1.165) is 0 Å². The van der Waals surface area contributed by atoms with Crippen molar-refractivity contribution in [2.75, 3.05) is 7.11 Å². The van der Waals surface area contributed by atoms with Crippen LogP contribution in [0.1, 0.15) is 26.7 Å². The Balaban J connectivity index is 3.76. The highest BCUT2D eigenvalue weighted by Crippen LogP contribution is 2.02. The van der Waals surface area contributed by atoms with E-state index in [1.807, 2.05) is 0 Å². The van der Waals surface area contributed by atoms with E-state index in [0.29, 0.717) is 18.4 Å². The van der Waals surface area contributed by atoms with E-state index < -0.39 is 0 Å². The molecule has 70 valence electrons. The van der Waals surface area contributed by atoms with Crippen LogP contribution in [0.25, 0.3) is 0 Å². The zero-order valence-corrected chi connectivity index (χ0v) is 7.83. The van der Waals surface area contributed by atoms with Gasteiger partial charge in [0.2, 0.25) is 0 Å². The fraction of sp³-hybridized carbons (Fsp3) is 0.667. The third kappa shape index (κ3) is 4.91. The molecule has 0 spiro atoms. The molecule has 0 aromatic heterocycles. The van der Waals surface area contributed by atoms with Gasteiger partial charge in [-0.2, -0.15) is 0 Å². The van der Waals surface area contributed by atoms with Crippen molar-refractivity contribution in [3.8, 4) is 0 Å². The minimum atomic E-state index is -0.313. The summed E-state index contributed by atoms with van der Waals surface area (Å²) in [6.07, 6.45) is 2.84. The van der Waals surface area contributed by atoms with Gasteiger partial charge in [0.1, 0.15) is 0 Å². The Morgan fingerprint density at radius 2 is 2.25 bits per heavy atom. The molecule has 1 N–H and O–H groups in total. The summed E-state index contributed by atoms with van der Waals surface area (Å²) in [6.45, 7) is 3.43. The quantitative estimate of drug-likeness (QED) is 0.513. The predicted octanol–water partition coefficient (Wildman–Crippen LogP) is 1.27. The molecule has 1 unspecified atom stereocenters. The molecule has 0 saturated carbocycles. The van der Waals surface area contributed by atoms with E-state index in [2.05, 4.69) is 4.74 Å². The third-order valence-corrected chi connectivity index (χ3v) is 1.54. The minimum Gasteiger partial charge on any atom is -0.466 e. The van der Waals surface area contributed by atoms with Crippen molar-refractivity contribution in [3.05, 3.63) is 11.6 Å². The van der Waals surface area contributed by atoms with Gasteiger partial charge in [-0.25, -0.2) is 4.79 Å². The van der Waals surface area contributed by atoms with E-state index in [-0.39, 0.29) is 12.1 Å². The number of hydrogen-bond donors (Lipinski definition) is 1. The van der Waals surface area contributed by atoms with E-state index in [9.17, 15) is 4.79 Å². The molecule has 1 atom stereocenters. The molecule has 0 aromatic rings. The third-order valence-electron chi connectivity index (χ3n) is 1.54. The second kappa shape index (κ2) is 5.77. The lowest BCUT2D eigenvalue weighted by molar-refractivity contribution is -0.136. The van der Waals surface area contributed by atoms with Crippen molar-refractivity contribution in [3.63, 3.8) is 0 Å². The molecule has 0 fully saturated rings. The summed E-state index contributed by atoms with van der Waals surface area (Å²) in [5.41, 5.74) is 0.596. The number of rotatable bonds is 4. The van der Waals surface area contributed by atoms with Gasteiger partial charge in [0, 0.05) is 5.57 Å². The first-order valence-electron chi connectivity index (χ1n) is 4.01. The molecular weight excluding hydrogens is 156 g/mol. The number of allylic oxidation sites excluding steroid dienone is 1. The fourth-order valence-corrected chi connectivity index (χ4v) is 0.785. The van der Waals surface area contributed by atoms with E-state index in [1.54, 1.807) is 19.9 Å². The molecule has 0 rings (SSSR count). The number of aliphatic hydroxyl groups is 1. The highest BCUT2D eigenvalue weighted by Gasteiger charge is 2.01. The number of ether oxygens (including phenoxy) is 1. The maximum absolute atomic E-state index is 10.8. The molecule has 0 saturated heterocycles. The number of hydrogen-bond acceptors (Lipinski definition) is 3. The maximum atomic E-state index is 10.8.